The predicted molar refractivity (Wildman–Crippen MR) is 68.9 cm³/mol. The van der Waals surface area contributed by atoms with Crippen LogP contribution < -0.4 is 0 Å². The zero-order chi connectivity index (χ0) is 14.8. The lowest BCUT2D eigenvalue weighted by atomic mass is 10.1. The van der Waals surface area contributed by atoms with Crippen molar-refractivity contribution in [3.05, 3.63) is 34.9 Å². The van der Waals surface area contributed by atoms with E-state index in [1.165, 1.54) is 6.07 Å². The minimum atomic E-state index is -4.41. The maximum absolute atomic E-state index is 12.8. The number of hydrogen-bond acceptors (Lipinski definition) is 3. The van der Waals surface area contributed by atoms with E-state index in [0.717, 1.165) is 38.3 Å². The highest BCUT2D eigenvalue weighted by atomic mass is 19.4. The zero-order valence-corrected chi connectivity index (χ0v) is 11.2. The van der Waals surface area contributed by atoms with E-state index >= 15 is 0 Å². The summed E-state index contributed by atoms with van der Waals surface area (Å²) in [4.78, 5) is 4.29. The van der Waals surface area contributed by atoms with Crippen molar-refractivity contribution in [2.24, 2.45) is 0 Å². The third kappa shape index (κ3) is 3.71. The Labute approximate surface area is 116 Å². The number of alkyl halides is 3. The Bertz CT molecular complexity index is 511. The number of halogens is 3. The largest absolute Gasteiger partial charge is 0.416 e. The third-order valence-corrected chi connectivity index (χ3v) is 3.45. The first-order chi connectivity index (χ1) is 9.38. The summed E-state index contributed by atoms with van der Waals surface area (Å²) in [6.45, 7) is 3.92. The van der Waals surface area contributed by atoms with Gasteiger partial charge in [0.25, 0.3) is 0 Å². The lowest BCUT2D eigenvalue weighted by Crippen LogP contribution is -2.43. The normalized spacial score (nSPS) is 17.9. The Kier molecular flexibility index (Phi) is 4.31. The average molecular weight is 283 g/mol. The summed E-state index contributed by atoms with van der Waals surface area (Å²) in [6.07, 6.45) is -4.41. The van der Waals surface area contributed by atoms with Crippen molar-refractivity contribution < 1.29 is 13.2 Å². The monoisotopic (exact) mass is 283 g/mol. The van der Waals surface area contributed by atoms with Crippen LogP contribution in [0, 0.1) is 11.3 Å². The first-order valence-electron chi connectivity index (χ1n) is 6.40. The number of nitrogens with zero attached hydrogens (tertiary/aromatic N) is 3. The highest BCUT2D eigenvalue weighted by molar-refractivity contribution is 5.38. The van der Waals surface area contributed by atoms with Crippen molar-refractivity contribution in [2.75, 3.05) is 33.2 Å². The van der Waals surface area contributed by atoms with Crippen molar-refractivity contribution in [2.45, 2.75) is 12.7 Å². The van der Waals surface area contributed by atoms with E-state index in [1.807, 2.05) is 7.05 Å². The molecule has 2 rings (SSSR count). The Hall–Kier alpha value is -1.58. The molecule has 1 saturated heterocycles. The molecule has 20 heavy (non-hydrogen) atoms. The maximum Gasteiger partial charge on any atom is 0.416 e. The van der Waals surface area contributed by atoms with Gasteiger partial charge in [-0.3, -0.25) is 4.90 Å². The van der Waals surface area contributed by atoms with Crippen LogP contribution >= 0.6 is 0 Å². The molecule has 0 aromatic heterocycles. The van der Waals surface area contributed by atoms with Crippen LogP contribution in [0.2, 0.25) is 0 Å². The molecule has 1 aliphatic rings. The second-order valence-electron chi connectivity index (χ2n) is 5.11. The van der Waals surface area contributed by atoms with Gasteiger partial charge in [-0.05, 0) is 30.8 Å². The Morgan fingerprint density at radius 1 is 1.15 bits per heavy atom. The lowest BCUT2D eigenvalue weighted by Gasteiger charge is -2.32. The van der Waals surface area contributed by atoms with E-state index in [1.54, 1.807) is 6.07 Å². The van der Waals surface area contributed by atoms with Crippen LogP contribution in [0.5, 0.6) is 0 Å². The number of rotatable bonds is 2. The van der Waals surface area contributed by atoms with Gasteiger partial charge in [0.1, 0.15) is 0 Å². The van der Waals surface area contributed by atoms with Gasteiger partial charge in [-0.1, -0.05) is 0 Å². The molecule has 0 radical (unpaired) electrons. The van der Waals surface area contributed by atoms with Crippen LogP contribution in [0.25, 0.3) is 0 Å². The highest BCUT2D eigenvalue weighted by Gasteiger charge is 2.31. The summed E-state index contributed by atoms with van der Waals surface area (Å²) in [5.41, 5.74) is -0.148. The van der Waals surface area contributed by atoms with Crippen molar-refractivity contribution in [1.29, 1.82) is 5.26 Å². The third-order valence-electron chi connectivity index (χ3n) is 3.45. The van der Waals surface area contributed by atoms with Crippen LogP contribution in [0.15, 0.2) is 18.2 Å². The zero-order valence-electron chi connectivity index (χ0n) is 11.2. The van der Waals surface area contributed by atoms with E-state index in [0.29, 0.717) is 12.1 Å². The Morgan fingerprint density at radius 3 is 2.35 bits per heavy atom. The SMILES string of the molecule is CN1CCN(Cc2cc(C#N)cc(C(F)(F)F)c2)CC1. The minimum Gasteiger partial charge on any atom is -0.304 e. The van der Waals surface area contributed by atoms with E-state index < -0.39 is 11.7 Å². The summed E-state index contributed by atoms with van der Waals surface area (Å²) in [5.74, 6) is 0. The van der Waals surface area contributed by atoms with Gasteiger partial charge in [0.05, 0.1) is 17.2 Å². The van der Waals surface area contributed by atoms with Crippen LogP contribution in [0.4, 0.5) is 13.2 Å². The summed E-state index contributed by atoms with van der Waals surface area (Å²) >= 11 is 0. The molecule has 0 atom stereocenters. The van der Waals surface area contributed by atoms with Crippen LogP contribution in [-0.4, -0.2) is 43.0 Å². The average Bonchev–Trinajstić information content (AvgIpc) is 2.40. The molecular weight excluding hydrogens is 267 g/mol. The van der Waals surface area contributed by atoms with Crippen LogP contribution in [0.3, 0.4) is 0 Å². The number of likely N-dealkylation sites (N-methyl/N-ethyl adjacent to an activating group) is 1. The molecule has 1 aliphatic heterocycles. The summed E-state index contributed by atoms with van der Waals surface area (Å²) in [5, 5.41) is 8.86. The molecule has 1 aromatic rings. The van der Waals surface area contributed by atoms with E-state index in [9.17, 15) is 13.2 Å². The highest BCUT2D eigenvalue weighted by Crippen LogP contribution is 2.31. The van der Waals surface area contributed by atoms with Crippen molar-refractivity contribution in [1.82, 2.24) is 9.80 Å². The van der Waals surface area contributed by atoms with Crippen molar-refractivity contribution >= 4 is 0 Å². The second kappa shape index (κ2) is 5.81. The van der Waals surface area contributed by atoms with Crippen molar-refractivity contribution in [3.63, 3.8) is 0 Å². The number of nitriles is 1. The smallest absolute Gasteiger partial charge is 0.304 e. The topological polar surface area (TPSA) is 30.3 Å². The molecule has 0 unspecified atom stereocenters. The predicted octanol–water partition coefficient (Wildman–Crippen LogP) is 2.32. The first-order valence-corrected chi connectivity index (χ1v) is 6.40. The van der Waals surface area contributed by atoms with Gasteiger partial charge in [-0.15, -0.1) is 0 Å². The molecule has 0 amide bonds. The van der Waals surface area contributed by atoms with E-state index in [-0.39, 0.29) is 5.56 Å². The second-order valence-corrected chi connectivity index (χ2v) is 5.11. The summed E-state index contributed by atoms with van der Waals surface area (Å²) in [7, 11) is 2.02. The standard InChI is InChI=1S/C14H16F3N3/c1-19-2-4-20(5-3-19)10-12-6-11(9-18)7-13(8-12)14(15,16)17/h6-8H,2-5,10H2,1H3. The van der Waals surface area contributed by atoms with Gasteiger partial charge in [-0.25, -0.2) is 0 Å². The lowest BCUT2D eigenvalue weighted by molar-refractivity contribution is -0.137. The molecule has 0 spiro atoms. The van der Waals surface area contributed by atoms with Gasteiger partial charge < -0.3 is 4.90 Å². The van der Waals surface area contributed by atoms with E-state index in [4.69, 9.17) is 5.26 Å². The Balaban J connectivity index is 2.17. The molecule has 108 valence electrons. The van der Waals surface area contributed by atoms with Gasteiger partial charge in [0.15, 0.2) is 0 Å². The molecular formula is C14H16F3N3. The molecule has 0 saturated carbocycles. The fourth-order valence-corrected chi connectivity index (χ4v) is 2.28. The first kappa shape index (κ1) is 14.8. The summed E-state index contributed by atoms with van der Waals surface area (Å²) < 4.78 is 38.4. The maximum atomic E-state index is 12.8. The minimum absolute atomic E-state index is 0.0592. The number of benzene rings is 1. The van der Waals surface area contributed by atoms with E-state index in [2.05, 4.69) is 9.80 Å². The van der Waals surface area contributed by atoms with Crippen LogP contribution in [-0.2, 0) is 12.7 Å². The van der Waals surface area contributed by atoms with Gasteiger partial charge in [0, 0.05) is 32.7 Å². The number of hydrogen-bond donors (Lipinski definition) is 0. The van der Waals surface area contributed by atoms with Gasteiger partial charge in [0.2, 0.25) is 0 Å². The molecule has 0 N–H and O–H groups in total. The molecule has 1 heterocycles. The van der Waals surface area contributed by atoms with Crippen molar-refractivity contribution in [3.8, 4) is 6.07 Å². The van der Waals surface area contributed by atoms with Gasteiger partial charge >= 0.3 is 6.18 Å². The van der Waals surface area contributed by atoms with Gasteiger partial charge in [-0.2, -0.15) is 18.4 Å². The van der Waals surface area contributed by atoms with Crippen LogP contribution in [0.1, 0.15) is 16.7 Å². The molecule has 6 heteroatoms. The fraction of sp³-hybridized carbons (Fsp3) is 0.500. The molecule has 1 aromatic carbocycles. The Morgan fingerprint density at radius 2 is 1.80 bits per heavy atom. The molecule has 1 fully saturated rings. The molecule has 0 bridgehead atoms. The summed E-state index contributed by atoms with van der Waals surface area (Å²) in [6, 6.07) is 5.37. The fourth-order valence-electron chi connectivity index (χ4n) is 2.28. The quantitative estimate of drug-likeness (QED) is 0.834. The molecule has 3 nitrogen and oxygen atoms in total. The molecule has 0 aliphatic carbocycles. The number of piperazine rings is 1.